The van der Waals surface area contributed by atoms with Crippen LogP contribution in [0.15, 0.2) is 0 Å². The third kappa shape index (κ3) is 8.00. The molecule has 0 heterocycles. The monoisotopic (exact) mass is 341 g/mol. The van der Waals surface area contributed by atoms with Crippen LogP contribution in [-0.2, 0) is 24.9 Å². The van der Waals surface area contributed by atoms with Gasteiger partial charge in [-0.05, 0) is 0 Å². The largest absolute Gasteiger partial charge is 0.397 e. The molecule has 0 radical (unpaired) electrons. The Bertz CT molecular complexity index is 487. The highest BCUT2D eigenvalue weighted by molar-refractivity contribution is 7.83. The van der Waals surface area contributed by atoms with Gasteiger partial charge in [0.25, 0.3) is 0 Å². The van der Waals surface area contributed by atoms with Crippen molar-refractivity contribution in [2.75, 3.05) is 13.2 Å². The first-order chi connectivity index (χ1) is 8.87. The van der Waals surface area contributed by atoms with E-state index >= 15 is 0 Å². The van der Waals surface area contributed by atoms with Gasteiger partial charge in [-0.3, -0.25) is 9.11 Å². The molecule has 0 aromatic rings. The third-order valence-electron chi connectivity index (χ3n) is 2.04. The summed E-state index contributed by atoms with van der Waals surface area (Å²) in [5.74, 6) is 0. The second-order valence-corrected chi connectivity index (χ2v) is 5.92. The Morgan fingerprint density at radius 3 is 1.85 bits per heavy atom. The van der Waals surface area contributed by atoms with Gasteiger partial charge in [-0.2, -0.15) is 21.6 Å². The van der Waals surface area contributed by atoms with Gasteiger partial charge < -0.3 is 20.4 Å². The first kappa shape index (κ1) is 19.6. The van der Waals surface area contributed by atoms with Crippen molar-refractivity contribution in [2.24, 2.45) is 0 Å². The maximum Gasteiger partial charge on any atom is 0.397 e. The molecule has 0 aliphatic rings. The van der Waals surface area contributed by atoms with Crippen LogP contribution in [0.1, 0.15) is 0 Å². The van der Waals surface area contributed by atoms with Crippen LogP contribution in [0.5, 0.6) is 0 Å². The molecule has 7 N–H and O–H groups in total. The minimum atomic E-state index is -4.89. The molecule has 0 aliphatic heterocycles. The summed E-state index contributed by atoms with van der Waals surface area (Å²) < 4.78 is 63.2. The fourth-order valence-corrected chi connectivity index (χ4v) is 2.03. The summed E-state index contributed by atoms with van der Waals surface area (Å²) in [4.78, 5) is 0. The zero-order valence-electron chi connectivity index (χ0n) is 9.76. The average molecular weight is 341 g/mol. The number of nitrogens with one attached hydrogen (secondary N) is 1. The van der Waals surface area contributed by atoms with E-state index in [1.807, 2.05) is 0 Å². The molecule has 0 unspecified atom stereocenters. The first-order valence-electron chi connectivity index (χ1n) is 4.89. The number of aliphatic hydroxyl groups excluding tert-OH is 4. The topological polar surface area (TPSA) is 211 Å². The van der Waals surface area contributed by atoms with Crippen LogP contribution in [0, 0.1) is 0 Å². The molecule has 4 atom stereocenters. The quantitative estimate of drug-likeness (QED) is 0.199. The van der Waals surface area contributed by atoms with E-state index in [-0.39, 0.29) is 0 Å². The van der Waals surface area contributed by atoms with Gasteiger partial charge in [0.15, 0.2) is 0 Å². The maximum atomic E-state index is 10.5. The minimum Gasteiger partial charge on any atom is -0.395 e. The van der Waals surface area contributed by atoms with Crippen molar-refractivity contribution in [3.8, 4) is 0 Å². The molecule has 0 saturated carbocycles. The Kier molecular flexibility index (Phi) is 7.39. The lowest BCUT2D eigenvalue weighted by Gasteiger charge is -2.27. The standard InChI is InChI=1S/C6H15NO11S2/c8-1-3(7-19(12,13)14)5(10)6(11)4(9)2-18-20(15,16)17/h3-11H,1-2H2,(H,12,13,14)(H,15,16,17)/t3-,4+,5+,6+/m0/s1. The summed E-state index contributed by atoms with van der Waals surface area (Å²) >= 11 is 0. The second-order valence-electron chi connectivity index (χ2n) is 3.64. The summed E-state index contributed by atoms with van der Waals surface area (Å²) in [7, 11) is -9.69. The van der Waals surface area contributed by atoms with Crippen LogP contribution >= 0.6 is 0 Å². The molecule has 14 heteroatoms. The van der Waals surface area contributed by atoms with E-state index < -0.39 is 58.3 Å². The SMILES string of the molecule is O=S(=O)(O)N[C@@H](CO)[C@@H](O)[C@H](O)[C@H](O)COS(=O)(=O)O. The van der Waals surface area contributed by atoms with Crippen LogP contribution in [0.4, 0.5) is 0 Å². The first-order valence-corrected chi connectivity index (χ1v) is 7.69. The van der Waals surface area contributed by atoms with Gasteiger partial charge in [0, 0.05) is 0 Å². The van der Waals surface area contributed by atoms with Crippen LogP contribution in [0.2, 0.25) is 0 Å². The summed E-state index contributed by atoms with van der Waals surface area (Å²) in [6.45, 7) is -2.19. The Labute approximate surface area is 114 Å². The average Bonchev–Trinajstić information content (AvgIpc) is 2.29. The zero-order valence-corrected chi connectivity index (χ0v) is 11.4. The van der Waals surface area contributed by atoms with E-state index in [1.54, 1.807) is 0 Å². The molecule has 0 aromatic heterocycles. The van der Waals surface area contributed by atoms with E-state index in [0.29, 0.717) is 0 Å². The van der Waals surface area contributed by atoms with Crippen molar-refractivity contribution >= 4 is 20.7 Å². The predicted octanol–water partition coefficient (Wildman–Crippen LogP) is -4.36. The van der Waals surface area contributed by atoms with E-state index in [9.17, 15) is 32.2 Å². The Morgan fingerprint density at radius 2 is 1.50 bits per heavy atom. The lowest BCUT2D eigenvalue weighted by molar-refractivity contribution is -0.0865. The minimum absolute atomic E-state index is 1.05. The third-order valence-corrected chi connectivity index (χ3v) is 3.08. The predicted molar refractivity (Wildman–Crippen MR) is 61.1 cm³/mol. The normalized spacial score (nSPS) is 19.3. The van der Waals surface area contributed by atoms with Gasteiger partial charge in [-0.15, -0.1) is 0 Å². The van der Waals surface area contributed by atoms with Gasteiger partial charge in [0.05, 0.1) is 19.3 Å². The molecule has 0 aliphatic carbocycles. The van der Waals surface area contributed by atoms with Crippen molar-refractivity contribution < 1.29 is 50.6 Å². The molecule has 0 aromatic carbocycles. The molecular weight excluding hydrogens is 326 g/mol. The number of hydrogen-bond donors (Lipinski definition) is 7. The molecular formula is C6H15NO11S2. The number of aliphatic hydroxyl groups is 4. The smallest absolute Gasteiger partial charge is 0.395 e. The van der Waals surface area contributed by atoms with Gasteiger partial charge in [-0.1, -0.05) is 0 Å². The molecule has 0 rings (SSSR count). The van der Waals surface area contributed by atoms with Gasteiger partial charge >= 0.3 is 20.7 Å². The zero-order chi connectivity index (χ0) is 16.1. The fourth-order valence-electron chi connectivity index (χ4n) is 1.13. The Balaban J connectivity index is 4.68. The maximum absolute atomic E-state index is 10.5. The van der Waals surface area contributed by atoms with Gasteiger partial charge in [0.1, 0.15) is 18.3 Å². The Morgan fingerprint density at radius 1 is 1.00 bits per heavy atom. The van der Waals surface area contributed by atoms with Gasteiger partial charge in [-0.25, -0.2) is 4.18 Å². The summed E-state index contributed by atoms with van der Waals surface area (Å²) in [5, 5.41) is 36.9. The van der Waals surface area contributed by atoms with Crippen molar-refractivity contribution in [2.45, 2.75) is 24.4 Å². The fraction of sp³-hybridized carbons (Fsp3) is 1.00. The molecule has 12 nitrogen and oxygen atoms in total. The van der Waals surface area contributed by atoms with E-state index in [0.717, 1.165) is 0 Å². The lowest BCUT2D eigenvalue weighted by atomic mass is 10.0. The summed E-state index contributed by atoms with van der Waals surface area (Å²) in [6.07, 6.45) is -6.30. The number of hydrogen-bond acceptors (Lipinski definition) is 9. The van der Waals surface area contributed by atoms with Crippen LogP contribution in [0.25, 0.3) is 0 Å². The van der Waals surface area contributed by atoms with Crippen molar-refractivity contribution in [1.29, 1.82) is 0 Å². The van der Waals surface area contributed by atoms with Crippen molar-refractivity contribution in [1.82, 2.24) is 4.72 Å². The molecule has 0 fully saturated rings. The van der Waals surface area contributed by atoms with E-state index in [4.69, 9.17) is 14.2 Å². The molecule has 0 saturated heterocycles. The van der Waals surface area contributed by atoms with Crippen molar-refractivity contribution in [3.63, 3.8) is 0 Å². The van der Waals surface area contributed by atoms with Crippen molar-refractivity contribution in [3.05, 3.63) is 0 Å². The number of rotatable bonds is 9. The van der Waals surface area contributed by atoms with Crippen LogP contribution in [0.3, 0.4) is 0 Å². The summed E-state index contributed by atoms with van der Waals surface area (Å²) in [5.41, 5.74) is 0. The highest BCUT2D eigenvalue weighted by atomic mass is 32.3. The molecule has 0 amide bonds. The summed E-state index contributed by atoms with van der Waals surface area (Å²) in [6, 6.07) is -1.78. The second kappa shape index (κ2) is 7.55. The lowest BCUT2D eigenvalue weighted by Crippen LogP contribution is -2.54. The van der Waals surface area contributed by atoms with Crippen LogP contribution < -0.4 is 4.72 Å². The molecule has 0 spiro atoms. The molecule has 0 bridgehead atoms. The van der Waals surface area contributed by atoms with Crippen LogP contribution in [-0.4, -0.2) is 83.9 Å². The Hall–Kier alpha value is -0.420. The molecule has 20 heavy (non-hydrogen) atoms. The molecule has 122 valence electrons. The highest BCUT2D eigenvalue weighted by Gasteiger charge is 2.33. The van der Waals surface area contributed by atoms with Gasteiger partial charge in [0.2, 0.25) is 0 Å². The highest BCUT2D eigenvalue weighted by Crippen LogP contribution is 2.07. The van der Waals surface area contributed by atoms with E-state index in [2.05, 4.69) is 4.18 Å². The van der Waals surface area contributed by atoms with E-state index in [1.165, 1.54) is 4.72 Å².